The van der Waals surface area contributed by atoms with E-state index < -0.39 is 5.25 Å². The normalized spacial score (nSPS) is 12.5. The van der Waals surface area contributed by atoms with Gasteiger partial charge in [-0.3, -0.25) is 9.36 Å². The molecule has 0 bridgehead atoms. The van der Waals surface area contributed by atoms with E-state index in [0.29, 0.717) is 49.3 Å². The molecule has 0 radical (unpaired) electrons. The number of fused-ring (bicyclic) bond motifs is 2. The van der Waals surface area contributed by atoms with Gasteiger partial charge >= 0.3 is 0 Å². The molecule has 1 atom stereocenters. The van der Waals surface area contributed by atoms with Crippen molar-refractivity contribution in [1.82, 2.24) is 29.5 Å². The molecule has 30 heavy (non-hydrogen) atoms. The van der Waals surface area contributed by atoms with Crippen molar-refractivity contribution in [2.75, 3.05) is 0 Å². The van der Waals surface area contributed by atoms with Gasteiger partial charge in [0.05, 0.1) is 38.7 Å². The van der Waals surface area contributed by atoms with Crippen LogP contribution in [0.2, 0.25) is 10.0 Å². The second-order valence-corrected chi connectivity index (χ2v) is 7.79. The Labute approximate surface area is 185 Å². The predicted molar refractivity (Wildman–Crippen MR) is 120 cm³/mol. The molecule has 0 saturated heterocycles. The van der Waals surface area contributed by atoms with E-state index in [1.807, 2.05) is 0 Å². The van der Waals surface area contributed by atoms with E-state index in [4.69, 9.17) is 40.8 Å². The fourth-order valence-corrected chi connectivity index (χ4v) is 4.21. The fourth-order valence-electron chi connectivity index (χ4n) is 3.37. The van der Waals surface area contributed by atoms with E-state index in [2.05, 4.69) is 19.9 Å². The lowest BCUT2D eigenvalue weighted by Gasteiger charge is -2.19. The average Bonchev–Trinajstić information content (AvgIpc) is 3.23. The van der Waals surface area contributed by atoms with E-state index in [1.54, 1.807) is 42.5 Å². The van der Waals surface area contributed by atoms with Crippen LogP contribution in [0, 0.1) is 0 Å². The third-order valence-corrected chi connectivity index (χ3v) is 5.83. The monoisotopic (exact) mass is 454 g/mol. The minimum absolute atomic E-state index is 0.303. The third-order valence-electron chi connectivity index (χ3n) is 4.72. The molecule has 0 amide bonds. The van der Waals surface area contributed by atoms with Gasteiger partial charge in [-0.15, -0.1) is 0 Å². The second-order valence-electron chi connectivity index (χ2n) is 6.46. The van der Waals surface area contributed by atoms with Gasteiger partial charge in [0.15, 0.2) is 5.65 Å². The lowest BCUT2D eigenvalue weighted by molar-refractivity contribution is 0.829. The number of aromatic amines is 1. The summed E-state index contributed by atoms with van der Waals surface area (Å²) in [7, 11) is 0. The van der Waals surface area contributed by atoms with Crippen molar-refractivity contribution < 1.29 is 0 Å². The summed E-state index contributed by atoms with van der Waals surface area (Å²) in [6.07, 6.45) is 2.93. The maximum absolute atomic E-state index is 13.6. The standard InChI is InChI=1S/C20H12Cl2N6OS/c21-10-4-1-2-7-13(10)28-19(27-12-6-3-5-11(22)14(12)20(28)29)17(30)15-16-18(25-8-23-15)26-9-24-16/h1-9,17,30H,(H,23,24,25,26). The number of para-hydroxylation sites is 1. The molecular weight excluding hydrogens is 443 g/mol. The summed E-state index contributed by atoms with van der Waals surface area (Å²) in [6.45, 7) is 0. The van der Waals surface area contributed by atoms with E-state index in [-0.39, 0.29) is 5.56 Å². The summed E-state index contributed by atoms with van der Waals surface area (Å²) >= 11 is 17.5. The molecule has 7 nitrogen and oxygen atoms in total. The zero-order valence-electron chi connectivity index (χ0n) is 15.1. The van der Waals surface area contributed by atoms with Crippen molar-refractivity contribution in [2.24, 2.45) is 0 Å². The van der Waals surface area contributed by atoms with Gasteiger partial charge in [-0.1, -0.05) is 41.4 Å². The smallest absolute Gasteiger partial charge is 0.267 e. The Kier molecular flexibility index (Phi) is 4.69. The zero-order chi connectivity index (χ0) is 20.8. The molecule has 3 heterocycles. The zero-order valence-corrected chi connectivity index (χ0v) is 17.5. The van der Waals surface area contributed by atoms with Crippen molar-refractivity contribution >= 4 is 57.9 Å². The Balaban J connectivity index is 1.87. The Hall–Kier alpha value is -2.94. The maximum atomic E-state index is 13.6. The van der Waals surface area contributed by atoms with Gasteiger partial charge < -0.3 is 4.98 Å². The van der Waals surface area contributed by atoms with Crippen LogP contribution in [0.1, 0.15) is 16.8 Å². The highest BCUT2D eigenvalue weighted by atomic mass is 35.5. The van der Waals surface area contributed by atoms with Gasteiger partial charge in [-0.05, 0) is 24.3 Å². The van der Waals surface area contributed by atoms with Crippen LogP contribution in [-0.4, -0.2) is 29.5 Å². The summed E-state index contributed by atoms with van der Waals surface area (Å²) in [6, 6.07) is 12.1. The first kappa shape index (κ1) is 19.0. The molecular formula is C20H12Cl2N6OS. The van der Waals surface area contributed by atoms with Crippen molar-refractivity contribution in [2.45, 2.75) is 5.25 Å². The molecule has 5 aromatic rings. The number of imidazole rings is 1. The molecule has 0 aliphatic rings. The largest absolute Gasteiger partial charge is 0.342 e. The molecule has 5 rings (SSSR count). The molecule has 0 aliphatic carbocycles. The van der Waals surface area contributed by atoms with Crippen LogP contribution in [-0.2, 0) is 0 Å². The summed E-state index contributed by atoms with van der Waals surface area (Å²) < 4.78 is 1.43. The molecule has 2 aromatic carbocycles. The molecule has 0 saturated carbocycles. The van der Waals surface area contributed by atoms with Gasteiger partial charge in [0.25, 0.3) is 5.56 Å². The Morgan fingerprint density at radius 2 is 1.80 bits per heavy atom. The first-order valence-electron chi connectivity index (χ1n) is 8.84. The predicted octanol–water partition coefficient (Wildman–Crippen LogP) is 4.38. The number of aromatic nitrogens is 6. The lowest BCUT2D eigenvalue weighted by atomic mass is 10.2. The van der Waals surface area contributed by atoms with Gasteiger partial charge in [0, 0.05) is 0 Å². The van der Waals surface area contributed by atoms with Crippen LogP contribution in [0.15, 0.2) is 59.9 Å². The van der Waals surface area contributed by atoms with Gasteiger partial charge in [0.2, 0.25) is 0 Å². The minimum Gasteiger partial charge on any atom is -0.342 e. The number of rotatable bonds is 3. The van der Waals surface area contributed by atoms with Gasteiger partial charge in [-0.2, -0.15) is 12.6 Å². The number of halogens is 2. The van der Waals surface area contributed by atoms with Crippen LogP contribution >= 0.6 is 35.8 Å². The second kappa shape index (κ2) is 7.39. The molecule has 148 valence electrons. The lowest BCUT2D eigenvalue weighted by Crippen LogP contribution is -2.26. The number of hydrogen-bond acceptors (Lipinski definition) is 6. The van der Waals surface area contributed by atoms with Crippen LogP contribution in [0.4, 0.5) is 0 Å². The van der Waals surface area contributed by atoms with Crippen molar-refractivity contribution in [3.05, 3.63) is 87.0 Å². The Morgan fingerprint density at radius 3 is 2.63 bits per heavy atom. The molecule has 0 fully saturated rings. The molecule has 1 unspecified atom stereocenters. The van der Waals surface area contributed by atoms with E-state index in [9.17, 15) is 4.79 Å². The third kappa shape index (κ3) is 2.96. The van der Waals surface area contributed by atoms with Crippen LogP contribution < -0.4 is 5.56 Å². The first-order valence-corrected chi connectivity index (χ1v) is 10.1. The van der Waals surface area contributed by atoms with Crippen LogP contribution in [0.3, 0.4) is 0 Å². The molecule has 1 N–H and O–H groups in total. The molecule has 3 aromatic heterocycles. The molecule has 10 heteroatoms. The quantitative estimate of drug-likeness (QED) is 0.394. The van der Waals surface area contributed by atoms with Crippen LogP contribution in [0.25, 0.3) is 27.8 Å². The van der Waals surface area contributed by atoms with Crippen molar-refractivity contribution in [3.63, 3.8) is 0 Å². The van der Waals surface area contributed by atoms with Gasteiger partial charge in [0.1, 0.15) is 22.9 Å². The van der Waals surface area contributed by atoms with E-state index >= 15 is 0 Å². The number of H-pyrrole nitrogens is 1. The topological polar surface area (TPSA) is 89.3 Å². The first-order chi connectivity index (χ1) is 14.6. The molecule has 0 aliphatic heterocycles. The summed E-state index contributed by atoms with van der Waals surface area (Å²) in [5.41, 5.74) is 2.23. The van der Waals surface area contributed by atoms with Crippen molar-refractivity contribution in [3.8, 4) is 5.69 Å². The number of nitrogens with zero attached hydrogens (tertiary/aromatic N) is 5. The Bertz CT molecular complexity index is 1480. The average molecular weight is 455 g/mol. The summed E-state index contributed by atoms with van der Waals surface area (Å²) in [5.74, 6) is 0.348. The SMILES string of the molecule is O=c1c2c(Cl)cccc2nc(C(S)c2ncnc3nc[nH]c23)n1-c1ccccc1Cl. The number of nitrogens with one attached hydrogen (secondary N) is 1. The summed E-state index contributed by atoms with van der Waals surface area (Å²) in [4.78, 5) is 34.0. The highest BCUT2D eigenvalue weighted by molar-refractivity contribution is 7.80. The Morgan fingerprint density at radius 1 is 1.00 bits per heavy atom. The maximum Gasteiger partial charge on any atom is 0.267 e. The van der Waals surface area contributed by atoms with E-state index in [0.717, 1.165) is 0 Å². The highest BCUT2D eigenvalue weighted by Crippen LogP contribution is 2.32. The van der Waals surface area contributed by atoms with Crippen LogP contribution in [0.5, 0.6) is 0 Å². The summed E-state index contributed by atoms with van der Waals surface area (Å²) in [5, 5.41) is 0.330. The van der Waals surface area contributed by atoms with E-state index in [1.165, 1.54) is 17.2 Å². The fraction of sp³-hybridized carbons (Fsp3) is 0.0500. The highest BCUT2D eigenvalue weighted by Gasteiger charge is 2.25. The number of hydrogen-bond donors (Lipinski definition) is 2. The van der Waals surface area contributed by atoms with Gasteiger partial charge in [-0.25, -0.2) is 19.9 Å². The number of benzene rings is 2. The molecule has 0 spiro atoms. The minimum atomic E-state index is -0.677. The number of thiol groups is 1. The van der Waals surface area contributed by atoms with Crippen molar-refractivity contribution in [1.29, 1.82) is 0 Å².